The van der Waals surface area contributed by atoms with E-state index >= 15 is 0 Å². The summed E-state index contributed by atoms with van der Waals surface area (Å²) in [7, 11) is 0. The Labute approximate surface area is 226 Å². The second-order valence-electron chi connectivity index (χ2n) is 11.4. The third kappa shape index (κ3) is 22.8. The Morgan fingerprint density at radius 3 is 1.08 bits per heavy atom. The van der Waals surface area contributed by atoms with Gasteiger partial charge in [0.1, 0.15) is 0 Å². The minimum Gasteiger partial charge on any atom is -0.396 e. The van der Waals surface area contributed by atoms with Crippen molar-refractivity contribution in [3.63, 3.8) is 0 Å². The smallest absolute Gasteiger partial charge is 0.0433 e. The van der Waals surface area contributed by atoms with Gasteiger partial charge in [-0.2, -0.15) is 0 Å². The zero-order chi connectivity index (χ0) is 27.2. The highest BCUT2D eigenvalue weighted by molar-refractivity contribution is 5.08. The van der Waals surface area contributed by atoms with Gasteiger partial charge in [0.2, 0.25) is 0 Å². The summed E-state index contributed by atoms with van der Waals surface area (Å²) in [6, 6.07) is 0. The van der Waals surface area contributed by atoms with Crippen molar-refractivity contribution in [1.29, 1.82) is 0 Å². The number of rotatable bonds is 20. The van der Waals surface area contributed by atoms with Gasteiger partial charge in [-0.3, -0.25) is 0 Å². The van der Waals surface area contributed by atoms with Gasteiger partial charge in [-0.25, -0.2) is 0 Å². The van der Waals surface area contributed by atoms with Gasteiger partial charge in [0.05, 0.1) is 0 Å². The average molecular weight is 497 g/mol. The molecule has 0 spiro atoms. The predicted molar refractivity (Wildman–Crippen MR) is 164 cm³/mol. The molecule has 206 valence electrons. The number of aliphatic hydroxyl groups is 1. The van der Waals surface area contributed by atoms with Gasteiger partial charge in [0, 0.05) is 6.61 Å². The van der Waals surface area contributed by atoms with Gasteiger partial charge in [-0.1, -0.05) is 76.8 Å². The van der Waals surface area contributed by atoms with Crippen LogP contribution < -0.4 is 0 Å². The fourth-order valence-corrected chi connectivity index (χ4v) is 4.26. The van der Waals surface area contributed by atoms with E-state index < -0.39 is 0 Å². The minimum absolute atomic E-state index is 0.314. The van der Waals surface area contributed by atoms with E-state index in [1.54, 1.807) is 0 Å². The Balaban J connectivity index is 4.11. The van der Waals surface area contributed by atoms with Crippen LogP contribution >= 0.6 is 0 Å². The molecule has 0 heterocycles. The van der Waals surface area contributed by atoms with E-state index in [0.29, 0.717) is 12.5 Å². The molecule has 1 nitrogen and oxygen atoms in total. The lowest BCUT2D eigenvalue weighted by Gasteiger charge is -2.07. The summed E-state index contributed by atoms with van der Waals surface area (Å²) in [5, 5.41) is 9.00. The quantitative estimate of drug-likeness (QED) is 0.166. The third-order valence-electron chi connectivity index (χ3n) is 6.99. The molecular formula is C35H60O. The Bertz CT molecular complexity index is 750. The largest absolute Gasteiger partial charge is 0.396 e. The first-order chi connectivity index (χ1) is 17.1. The molecule has 0 fully saturated rings. The molecule has 0 aliphatic rings. The van der Waals surface area contributed by atoms with Crippen molar-refractivity contribution < 1.29 is 5.11 Å². The standard InChI is InChI=1S/C35H60O/c1-29(2)15-9-16-30(3)17-10-18-31(4)19-11-20-32(5)21-12-22-33(6)23-13-24-34(7)25-14-26-35(8)27-28-36/h15,17,19,21,23,25,35-36H,9-14,16,18,20,22,24,26-28H2,1-8H3/b30-17+,31-19+,32-21+,33-23+,34-25+. The van der Waals surface area contributed by atoms with E-state index in [-0.39, 0.29) is 0 Å². The first-order valence-corrected chi connectivity index (χ1v) is 14.7. The van der Waals surface area contributed by atoms with Crippen molar-refractivity contribution in [1.82, 2.24) is 0 Å². The van der Waals surface area contributed by atoms with Crippen LogP contribution in [-0.4, -0.2) is 11.7 Å². The topological polar surface area (TPSA) is 20.2 Å². The highest BCUT2D eigenvalue weighted by atomic mass is 16.3. The van der Waals surface area contributed by atoms with Gasteiger partial charge >= 0.3 is 0 Å². The van der Waals surface area contributed by atoms with Crippen LogP contribution in [0.5, 0.6) is 0 Å². The Morgan fingerprint density at radius 2 is 0.778 bits per heavy atom. The molecule has 0 radical (unpaired) electrons. The maximum Gasteiger partial charge on any atom is 0.0433 e. The second-order valence-corrected chi connectivity index (χ2v) is 11.4. The lowest BCUT2D eigenvalue weighted by atomic mass is 10.0. The van der Waals surface area contributed by atoms with Gasteiger partial charge in [-0.15, -0.1) is 0 Å². The summed E-state index contributed by atoms with van der Waals surface area (Å²) in [6.45, 7) is 18.3. The lowest BCUT2D eigenvalue weighted by Crippen LogP contribution is -1.97. The molecule has 0 aromatic rings. The summed E-state index contributed by atoms with van der Waals surface area (Å²) in [5.74, 6) is 0.622. The van der Waals surface area contributed by atoms with Crippen LogP contribution in [-0.2, 0) is 0 Å². The molecule has 1 atom stereocenters. The molecule has 1 N–H and O–H groups in total. The summed E-state index contributed by atoms with van der Waals surface area (Å²) >= 11 is 0. The van der Waals surface area contributed by atoms with Gasteiger partial charge in [-0.05, 0) is 138 Å². The SMILES string of the molecule is CC(C)=CCC/C(C)=C/CC/C(C)=C/CC/C(C)=C/CC/C(C)=C/CC/C(C)=C/CCC(C)CCO. The normalized spacial score (nSPS) is 14.9. The van der Waals surface area contributed by atoms with Crippen LogP contribution in [0.3, 0.4) is 0 Å². The minimum atomic E-state index is 0.314. The molecular weight excluding hydrogens is 436 g/mol. The fourth-order valence-electron chi connectivity index (χ4n) is 4.26. The third-order valence-corrected chi connectivity index (χ3v) is 6.99. The monoisotopic (exact) mass is 496 g/mol. The van der Waals surface area contributed by atoms with E-state index in [0.717, 1.165) is 38.5 Å². The van der Waals surface area contributed by atoms with E-state index in [1.165, 1.54) is 78.4 Å². The molecule has 0 amide bonds. The summed E-state index contributed by atoms with van der Waals surface area (Å²) in [5.41, 5.74) is 9.01. The maximum absolute atomic E-state index is 9.00. The van der Waals surface area contributed by atoms with Crippen molar-refractivity contribution in [2.24, 2.45) is 5.92 Å². The Morgan fingerprint density at radius 1 is 0.472 bits per heavy atom. The van der Waals surface area contributed by atoms with Gasteiger partial charge in [0.25, 0.3) is 0 Å². The van der Waals surface area contributed by atoms with E-state index in [2.05, 4.69) is 91.8 Å². The number of aliphatic hydroxyl groups excluding tert-OH is 1. The zero-order valence-electron chi connectivity index (χ0n) is 25.4. The van der Waals surface area contributed by atoms with Crippen LogP contribution in [0.4, 0.5) is 0 Å². The van der Waals surface area contributed by atoms with Crippen LogP contribution in [0.15, 0.2) is 69.9 Å². The van der Waals surface area contributed by atoms with Crippen molar-refractivity contribution in [2.75, 3.05) is 6.61 Å². The molecule has 0 saturated carbocycles. The van der Waals surface area contributed by atoms with Crippen LogP contribution in [0.2, 0.25) is 0 Å². The number of hydrogen-bond donors (Lipinski definition) is 1. The number of hydrogen-bond acceptors (Lipinski definition) is 1. The van der Waals surface area contributed by atoms with Crippen molar-refractivity contribution >= 4 is 0 Å². The Kier molecular flexibility index (Phi) is 21.6. The van der Waals surface area contributed by atoms with Crippen LogP contribution in [0, 0.1) is 5.92 Å². The summed E-state index contributed by atoms with van der Waals surface area (Å²) in [6.07, 6.45) is 29.4. The molecule has 0 bridgehead atoms. The highest BCUT2D eigenvalue weighted by Crippen LogP contribution is 2.17. The lowest BCUT2D eigenvalue weighted by molar-refractivity contribution is 0.259. The average Bonchev–Trinajstić information content (AvgIpc) is 2.79. The molecule has 0 aliphatic carbocycles. The molecule has 0 saturated heterocycles. The van der Waals surface area contributed by atoms with Crippen molar-refractivity contribution in [3.8, 4) is 0 Å². The van der Waals surface area contributed by atoms with Crippen LogP contribution in [0.25, 0.3) is 0 Å². The van der Waals surface area contributed by atoms with Crippen molar-refractivity contribution in [3.05, 3.63) is 69.9 Å². The first kappa shape index (κ1) is 34.4. The Hall–Kier alpha value is -1.60. The summed E-state index contributed by atoms with van der Waals surface area (Å²) < 4.78 is 0. The molecule has 0 aromatic carbocycles. The van der Waals surface area contributed by atoms with Crippen molar-refractivity contribution in [2.45, 2.75) is 139 Å². The number of allylic oxidation sites excluding steroid dienone is 12. The fraction of sp³-hybridized carbons (Fsp3) is 0.657. The first-order valence-electron chi connectivity index (χ1n) is 14.7. The maximum atomic E-state index is 9.00. The highest BCUT2D eigenvalue weighted by Gasteiger charge is 2.00. The summed E-state index contributed by atoms with van der Waals surface area (Å²) in [4.78, 5) is 0. The molecule has 36 heavy (non-hydrogen) atoms. The van der Waals surface area contributed by atoms with Crippen LogP contribution in [0.1, 0.15) is 139 Å². The van der Waals surface area contributed by atoms with E-state index in [1.807, 2.05) is 0 Å². The van der Waals surface area contributed by atoms with Gasteiger partial charge < -0.3 is 5.11 Å². The molecule has 0 aliphatic heterocycles. The molecule has 0 aromatic heterocycles. The predicted octanol–water partition coefficient (Wildman–Crippen LogP) is 11.4. The van der Waals surface area contributed by atoms with E-state index in [4.69, 9.17) is 5.11 Å². The van der Waals surface area contributed by atoms with E-state index in [9.17, 15) is 0 Å². The zero-order valence-corrected chi connectivity index (χ0v) is 25.4. The van der Waals surface area contributed by atoms with Gasteiger partial charge in [0.15, 0.2) is 0 Å². The molecule has 0 rings (SSSR count). The second kappa shape index (κ2) is 22.6. The molecule has 1 unspecified atom stereocenters. The molecule has 1 heteroatoms.